The first-order valence-corrected chi connectivity index (χ1v) is 5.08. The quantitative estimate of drug-likeness (QED) is 0.594. The van der Waals surface area contributed by atoms with Crippen LogP contribution >= 0.6 is 0 Å². The zero-order valence-corrected chi connectivity index (χ0v) is 8.10. The minimum atomic E-state index is 0.332. The number of nitrogens with one attached hydrogen (secondary N) is 1. The van der Waals surface area contributed by atoms with Gasteiger partial charge < -0.3 is 10.4 Å². The van der Waals surface area contributed by atoms with E-state index in [9.17, 15) is 0 Å². The highest BCUT2D eigenvalue weighted by molar-refractivity contribution is 4.84. The molecule has 0 aromatic rings. The Balaban J connectivity index is 1.88. The Labute approximate surface area is 75.4 Å². The van der Waals surface area contributed by atoms with Gasteiger partial charge >= 0.3 is 0 Å². The van der Waals surface area contributed by atoms with Crippen LogP contribution in [0.5, 0.6) is 0 Å². The van der Waals surface area contributed by atoms with E-state index < -0.39 is 0 Å². The van der Waals surface area contributed by atoms with Crippen molar-refractivity contribution in [2.24, 2.45) is 5.41 Å². The molecule has 0 aromatic carbocycles. The molecule has 1 fully saturated rings. The van der Waals surface area contributed by atoms with Crippen molar-refractivity contribution in [1.29, 1.82) is 0 Å². The topological polar surface area (TPSA) is 32.3 Å². The summed E-state index contributed by atoms with van der Waals surface area (Å²) in [6.45, 7) is 4.92. The molecule has 0 saturated heterocycles. The summed E-state index contributed by atoms with van der Waals surface area (Å²) in [5, 5.41) is 12.0. The molecule has 0 amide bonds. The van der Waals surface area contributed by atoms with Crippen LogP contribution in [0.15, 0.2) is 0 Å². The van der Waals surface area contributed by atoms with E-state index in [1.807, 2.05) is 0 Å². The first-order valence-electron chi connectivity index (χ1n) is 5.08. The van der Waals surface area contributed by atoms with Crippen molar-refractivity contribution in [1.82, 2.24) is 5.32 Å². The highest BCUT2D eigenvalue weighted by Gasteiger charge is 2.30. The first-order chi connectivity index (χ1) is 5.77. The Kier molecular flexibility index (Phi) is 4.02. The summed E-state index contributed by atoms with van der Waals surface area (Å²) in [4.78, 5) is 0. The van der Waals surface area contributed by atoms with Crippen LogP contribution in [-0.4, -0.2) is 24.8 Å². The van der Waals surface area contributed by atoms with E-state index in [-0.39, 0.29) is 0 Å². The van der Waals surface area contributed by atoms with Crippen molar-refractivity contribution in [3.63, 3.8) is 0 Å². The SMILES string of the molecule is CC1(CNCCCCO)CCC1. The molecule has 2 N–H and O–H groups in total. The molecule has 0 spiro atoms. The highest BCUT2D eigenvalue weighted by atomic mass is 16.2. The molecule has 0 atom stereocenters. The number of aliphatic hydroxyl groups is 1. The number of hydrogen-bond donors (Lipinski definition) is 2. The maximum Gasteiger partial charge on any atom is 0.0431 e. The fourth-order valence-corrected chi connectivity index (χ4v) is 1.71. The maximum absolute atomic E-state index is 8.56. The standard InChI is InChI=1S/C10H21NO/c1-10(5-4-6-10)9-11-7-2-3-8-12/h11-12H,2-9H2,1H3. The minimum absolute atomic E-state index is 0.332. The molecule has 0 heterocycles. The predicted molar refractivity (Wildman–Crippen MR) is 51.1 cm³/mol. The molecule has 12 heavy (non-hydrogen) atoms. The fraction of sp³-hybridized carbons (Fsp3) is 1.00. The van der Waals surface area contributed by atoms with Crippen molar-refractivity contribution in [3.8, 4) is 0 Å². The summed E-state index contributed by atoms with van der Waals surface area (Å²) >= 11 is 0. The Morgan fingerprint density at radius 2 is 2.08 bits per heavy atom. The lowest BCUT2D eigenvalue weighted by atomic mass is 9.70. The van der Waals surface area contributed by atoms with Crippen LogP contribution < -0.4 is 5.32 Å². The van der Waals surface area contributed by atoms with Crippen LogP contribution in [0.3, 0.4) is 0 Å². The van der Waals surface area contributed by atoms with Crippen LogP contribution in [0.2, 0.25) is 0 Å². The average Bonchev–Trinajstić information content (AvgIpc) is 2.01. The highest BCUT2D eigenvalue weighted by Crippen LogP contribution is 2.39. The van der Waals surface area contributed by atoms with Gasteiger partial charge in [0.05, 0.1) is 0 Å². The molecular formula is C10H21NO. The van der Waals surface area contributed by atoms with Gasteiger partial charge in [0.15, 0.2) is 0 Å². The molecule has 0 radical (unpaired) electrons. The lowest BCUT2D eigenvalue weighted by Gasteiger charge is -2.38. The molecule has 2 nitrogen and oxygen atoms in total. The molecule has 1 aliphatic carbocycles. The predicted octanol–water partition coefficient (Wildman–Crippen LogP) is 1.54. The molecule has 0 aromatic heterocycles. The van der Waals surface area contributed by atoms with E-state index >= 15 is 0 Å². The largest absolute Gasteiger partial charge is 0.396 e. The molecule has 0 aliphatic heterocycles. The second kappa shape index (κ2) is 4.83. The van der Waals surface area contributed by atoms with Gasteiger partial charge in [0.2, 0.25) is 0 Å². The van der Waals surface area contributed by atoms with Gasteiger partial charge in [-0.2, -0.15) is 0 Å². The molecule has 2 heteroatoms. The summed E-state index contributed by atoms with van der Waals surface area (Å²) in [6.07, 6.45) is 6.23. The molecule has 1 saturated carbocycles. The number of unbranched alkanes of at least 4 members (excludes halogenated alkanes) is 1. The number of rotatable bonds is 6. The molecule has 0 bridgehead atoms. The zero-order valence-electron chi connectivity index (χ0n) is 8.10. The monoisotopic (exact) mass is 171 g/mol. The second-order valence-electron chi connectivity index (χ2n) is 4.27. The molecular weight excluding hydrogens is 150 g/mol. The van der Waals surface area contributed by atoms with E-state index in [4.69, 9.17) is 5.11 Å². The van der Waals surface area contributed by atoms with Gasteiger partial charge in [-0.25, -0.2) is 0 Å². The van der Waals surface area contributed by atoms with E-state index in [2.05, 4.69) is 12.2 Å². The van der Waals surface area contributed by atoms with Crippen LogP contribution in [0.1, 0.15) is 39.0 Å². The summed E-state index contributed by atoms with van der Waals surface area (Å²) in [6, 6.07) is 0. The zero-order chi connectivity index (χ0) is 8.86. The number of hydrogen-bond acceptors (Lipinski definition) is 2. The lowest BCUT2D eigenvalue weighted by molar-refractivity contribution is 0.156. The third-order valence-corrected chi connectivity index (χ3v) is 2.87. The summed E-state index contributed by atoms with van der Waals surface area (Å²) in [5.41, 5.74) is 0.596. The maximum atomic E-state index is 8.56. The van der Waals surface area contributed by atoms with Gasteiger partial charge in [-0.1, -0.05) is 13.3 Å². The Hall–Kier alpha value is -0.0800. The molecule has 1 rings (SSSR count). The fourth-order valence-electron chi connectivity index (χ4n) is 1.71. The van der Waals surface area contributed by atoms with Crippen molar-refractivity contribution >= 4 is 0 Å². The van der Waals surface area contributed by atoms with Crippen molar-refractivity contribution < 1.29 is 5.11 Å². The van der Waals surface area contributed by atoms with E-state index in [1.165, 1.54) is 25.8 Å². The Bertz CT molecular complexity index is 121. The Morgan fingerprint density at radius 1 is 1.33 bits per heavy atom. The molecule has 1 aliphatic rings. The van der Waals surface area contributed by atoms with Gasteiger partial charge in [-0.15, -0.1) is 0 Å². The van der Waals surface area contributed by atoms with E-state index in [1.54, 1.807) is 0 Å². The van der Waals surface area contributed by atoms with Gasteiger partial charge in [-0.3, -0.25) is 0 Å². The normalized spacial score (nSPS) is 20.5. The summed E-state index contributed by atoms with van der Waals surface area (Å²) in [7, 11) is 0. The Morgan fingerprint density at radius 3 is 2.58 bits per heavy atom. The van der Waals surface area contributed by atoms with Gasteiger partial charge in [0, 0.05) is 13.2 Å². The summed E-state index contributed by atoms with van der Waals surface area (Å²) < 4.78 is 0. The van der Waals surface area contributed by atoms with Gasteiger partial charge in [0.1, 0.15) is 0 Å². The smallest absolute Gasteiger partial charge is 0.0431 e. The third-order valence-electron chi connectivity index (χ3n) is 2.87. The third kappa shape index (κ3) is 3.11. The summed E-state index contributed by atoms with van der Waals surface area (Å²) in [5.74, 6) is 0. The minimum Gasteiger partial charge on any atom is -0.396 e. The van der Waals surface area contributed by atoms with E-state index in [0.29, 0.717) is 12.0 Å². The van der Waals surface area contributed by atoms with Gasteiger partial charge in [0.25, 0.3) is 0 Å². The van der Waals surface area contributed by atoms with Crippen LogP contribution in [0, 0.1) is 5.41 Å². The van der Waals surface area contributed by atoms with Crippen molar-refractivity contribution in [2.45, 2.75) is 39.0 Å². The van der Waals surface area contributed by atoms with Crippen LogP contribution in [-0.2, 0) is 0 Å². The van der Waals surface area contributed by atoms with Crippen molar-refractivity contribution in [3.05, 3.63) is 0 Å². The average molecular weight is 171 g/mol. The van der Waals surface area contributed by atoms with Crippen LogP contribution in [0.4, 0.5) is 0 Å². The van der Waals surface area contributed by atoms with Crippen molar-refractivity contribution in [2.75, 3.05) is 19.7 Å². The van der Waals surface area contributed by atoms with Crippen LogP contribution in [0.25, 0.3) is 0 Å². The lowest BCUT2D eigenvalue weighted by Crippen LogP contribution is -2.37. The van der Waals surface area contributed by atoms with Gasteiger partial charge in [-0.05, 0) is 37.6 Å². The number of aliphatic hydroxyl groups excluding tert-OH is 1. The molecule has 72 valence electrons. The first kappa shape index (κ1) is 10.0. The molecule has 0 unspecified atom stereocenters. The second-order valence-corrected chi connectivity index (χ2v) is 4.27. The van der Waals surface area contributed by atoms with E-state index in [0.717, 1.165) is 19.4 Å².